The molecule has 0 aliphatic carbocycles. The van der Waals surface area contributed by atoms with Gasteiger partial charge in [0, 0.05) is 36.4 Å². The Kier molecular flexibility index (Phi) is 7.91. The number of para-hydroxylation sites is 1. The number of benzene rings is 2. The van der Waals surface area contributed by atoms with Gasteiger partial charge in [0.25, 0.3) is 0 Å². The van der Waals surface area contributed by atoms with E-state index in [9.17, 15) is 4.79 Å². The van der Waals surface area contributed by atoms with Gasteiger partial charge in [0.1, 0.15) is 0 Å². The largest absolute Gasteiger partial charge is 0.325 e. The zero-order valence-electron chi connectivity index (χ0n) is 14.9. The molecule has 1 fully saturated rings. The fraction of sp³-hybridized carbons (Fsp3) is 0.350. The van der Waals surface area contributed by atoms with Gasteiger partial charge in [-0.1, -0.05) is 48.9 Å². The van der Waals surface area contributed by atoms with Gasteiger partial charge < -0.3 is 10.6 Å². The number of rotatable bonds is 5. The predicted molar refractivity (Wildman–Crippen MR) is 110 cm³/mol. The molecule has 0 radical (unpaired) electrons. The second kappa shape index (κ2) is 9.93. The van der Waals surface area contributed by atoms with Crippen LogP contribution in [0.4, 0.5) is 5.69 Å². The number of carbonyl (C=O) groups is 1. The first-order chi connectivity index (χ1) is 12.2. The lowest BCUT2D eigenvalue weighted by Gasteiger charge is -2.36. The monoisotopic (exact) mass is 393 g/mol. The third-order valence-electron chi connectivity index (χ3n) is 4.61. The Hall–Kier alpha value is -1.59. The van der Waals surface area contributed by atoms with Crippen LogP contribution in [0.25, 0.3) is 0 Å². The topological polar surface area (TPSA) is 44.4 Å². The van der Waals surface area contributed by atoms with Crippen LogP contribution >= 0.6 is 24.0 Å². The molecule has 26 heavy (non-hydrogen) atoms. The number of hydrogen-bond acceptors (Lipinski definition) is 3. The summed E-state index contributed by atoms with van der Waals surface area (Å²) in [4.78, 5) is 14.8. The first-order valence-corrected chi connectivity index (χ1v) is 9.13. The molecule has 1 unspecified atom stereocenters. The number of amides is 1. The zero-order chi connectivity index (χ0) is 17.6. The van der Waals surface area contributed by atoms with E-state index in [0.717, 1.165) is 47.9 Å². The van der Waals surface area contributed by atoms with E-state index >= 15 is 0 Å². The zero-order valence-corrected chi connectivity index (χ0v) is 16.4. The molecule has 0 bridgehead atoms. The quantitative estimate of drug-likeness (QED) is 0.808. The summed E-state index contributed by atoms with van der Waals surface area (Å²) in [7, 11) is 0. The van der Waals surface area contributed by atoms with Gasteiger partial charge in [-0.3, -0.25) is 9.69 Å². The molecule has 2 N–H and O–H groups in total. The number of nitrogens with one attached hydrogen (secondary N) is 2. The highest BCUT2D eigenvalue weighted by atomic mass is 35.5. The first kappa shape index (κ1) is 20.7. The van der Waals surface area contributed by atoms with Crippen molar-refractivity contribution in [1.82, 2.24) is 10.2 Å². The van der Waals surface area contributed by atoms with Crippen molar-refractivity contribution >= 4 is 35.6 Å². The third kappa shape index (κ3) is 5.21. The van der Waals surface area contributed by atoms with Crippen molar-refractivity contribution in [3.63, 3.8) is 0 Å². The van der Waals surface area contributed by atoms with E-state index in [2.05, 4.69) is 34.6 Å². The normalized spacial score (nSPS) is 17.4. The summed E-state index contributed by atoms with van der Waals surface area (Å²) in [5.41, 5.74) is 3.20. The molecule has 1 heterocycles. The molecular weight excluding hydrogens is 369 g/mol. The molecule has 2 aromatic carbocycles. The van der Waals surface area contributed by atoms with E-state index < -0.39 is 0 Å². The van der Waals surface area contributed by atoms with E-state index in [4.69, 9.17) is 11.6 Å². The highest BCUT2D eigenvalue weighted by Crippen LogP contribution is 2.24. The fourth-order valence-electron chi connectivity index (χ4n) is 3.30. The van der Waals surface area contributed by atoms with Gasteiger partial charge in [0.15, 0.2) is 0 Å². The Labute approximate surface area is 166 Å². The number of carbonyl (C=O) groups excluding carboxylic acids is 1. The molecule has 6 heteroatoms. The van der Waals surface area contributed by atoms with Crippen LogP contribution < -0.4 is 10.6 Å². The number of halogens is 2. The second-order valence-corrected chi connectivity index (χ2v) is 6.74. The van der Waals surface area contributed by atoms with Crippen LogP contribution in [0.5, 0.6) is 0 Å². The van der Waals surface area contributed by atoms with E-state index in [1.165, 1.54) is 0 Å². The van der Waals surface area contributed by atoms with E-state index in [0.29, 0.717) is 6.54 Å². The molecule has 2 aromatic rings. The van der Waals surface area contributed by atoms with E-state index in [1.54, 1.807) is 0 Å². The van der Waals surface area contributed by atoms with Crippen LogP contribution in [0.2, 0.25) is 5.02 Å². The number of piperazine rings is 1. The van der Waals surface area contributed by atoms with Crippen molar-refractivity contribution < 1.29 is 4.79 Å². The molecule has 1 saturated heterocycles. The predicted octanol–water partition coefficient (Wildman–Crippen LogP) is 3.91. The number of hydrogen-bond donors (Lipinski definition) is 2. The van der Waals surface area contributed by atoms with Crippen LogP contribution in [0.3, 0.4) is 0 Å². The van der Waals surface area contributed by atoms with Gasteiger partial charge in [-0.25, -0.2) is 0 Å². The minimum Gasteiger partial charge on any atom is -0.325 e. The lowest BCUT2D eigenvalue weighted by atomic mass is 10.0. The van der Waals surface area contributed by atoms with Crippen LogP contribution in [0, 0.1) is 0 Å². The summed E-state index contributed by atoms with van der Waals surface area (Å²) in [6, 6.07) is 16.0. The van der Waals surface area contributed by atoms with E-state index in [-0.39, 0.29) is 24.4 Å². The Bertz CT molecular complexity index is 739. The van der Waals surface area contributed by atoms with Crippen LogP contribution in [-0.4, -0.2) is 37.0 Å². The molecule has 1 amide bonds. The lowest BCUT2D eigenvalue weighted by Crippen LogP contribution is -2.48. The highest BCUT2D eigenvalue weighted by Gasteiger charge is 2.25. The van der Waals surface area contributed by atoms with E-state index in [1.807, 2.05) is 36.4 Å². The van der Waals surface area contributed by atoms with Crippen molar-refractivity contribution in [2.75, 3.05) is 31.5 Å². The standard InChI is InChI=1S/C20H24ClN3O.ClH/c1-2-15-6-3-4-9-18(15)23-20(25)14-24-11-10-22-13-19(24)16-7-5-8-17(21)12-16;/h3-9,12,19,22H,2,10-11,13-14H2,1H3,(H,23,25);1H. The molecule has 1 atom stereocenters. The molecule has 0 saturated carbocycles. The summed E-state index contributed by atoms with van der Waals surface area (Å²) in [6.07, 6.45) is 0.898. The minimum atomic E-state index is 0. The Balaban J connectivity index is 0.00000243. The highest BCUT2D eigenvalue weighted by molar-refractivity contribution is 6.30. The number of nitrogens with zero attached hydrogens (tertiary/aromatic N) is 1. The van der Waals surface area contributed by atoms with Gasteiger partial charge in [0.05, 0.1) is 6.54 Å². The summed E-state index contributed by atoms with van der Waals surface area (Å²) >= 11 is 6.14. The van der Waals surface area contributed by atoms with Crippen LogP contribution in [0.1, 0.15) is 24.1 Å². The molecule has 1 aliphatic heterocycles. The van der Waals surface area contributed by atoms with Gasteiger partial charge in [-0.05, 0) is 35.7 Å². The van der Waals surface area contributed by atoms with Crippen molar-refractivity contribution in [2.45, 2.75) is 19.4 Å². The maximum Gasteiger partial charge on any atom is 0.238 e. The summed E-state index contributed by atoms with van der Waals surface area (Å²) in [5, 5.41) is 7.20. The van der Waals surface area contributed by atoms with Crippen molar-refractivity contribution in [1.29, 1.82) is 0 Å². The lowest BCUT2D eigenvalue weighted by molar-refractivity contribution is -0.118. The summed E-state index contributed by atoms with van der Waals surface area (Å²) < 4.78 is 0. The molecular formula is C20H25Cl2N3O. The van der Waals surface area contributed by atoms with Crippen molar-refractivity contribution in [3.8, 4) is 0 Å². The minimum absolute atomic E-state index is 0. The third-order valence-corrected chi connectivity index (χ3v) is 4.84. The Morgan fingerprint density at radius 3 is 2.85 bits per heavy atom. The van der Waals surface area contributed by atoms with Gasteiger partial charge in [-0.2, -0.15) is 0 Å². The Morgan fingerprint density at radius 1 is 1.27 bits per heavy atom. The molecule has 140 valence electrons. The first-order valence-electron chi connectivity index (χ1n) is 8.75. The number of anilines is 1. The Morgan fingerprint density at radius 2 is 2.08 bits per heavy atom. The fourth-order valence-corrected chi connectivity index (χ4v) is 3.50. The molecule has 4 nitrogen and oxygen atoms in total. The summed E-state index contributed by atoms with van der Waals surface area (Å²) in [5.74, 6) is 0.0230. The maximum absolute atomic E-state index is 12.6. The average molecular weight is 394 g/mol. The van der Waals surface area contributed by atoms with Gasteiger partial charge >= 0.3 is 0 Å². The second-order valence-electron chi connectivity index (χ2n) is 6.30. The van der Waals surface area contributed by atoms with Gasteiger partial charge in [-0.15, -0.1) is 12.4 Å². The molecule has 3 rings (SSSR count). The maximum atomic E-state index is 12.6. The average Bonchev–Trinajstić information content (AvgIpc) is 2.62. The SMILES string of the molecule is CCc1ccccc1NC(=O)CN1CCNCC1c1cccc(Cl)c1.Cl. The smallest absolute Gasteiger partial charge is 0.238 e. The van der Waals surface area contributed by atoms with Crippen molar-refractivity contribution in [2.24, 2.45) is 0 Å². The molecule has 1 aliphatic rings. The molecule has 0 spiro atoms. The number of aryl methyl sites for hydroxylation is 1. The van der Waals surface area contributed by atoms with Crippen LogP contribution in [-0.2, 0) is 11.2 Å². The molecule has 0 aromatic heterocycles. The van der Waals surface area contributed by atoms with Gasteiger partial charge in [0.2, 0.25) is 5.91 Å². The van der Waals surface area contributed by atoms with Crippen molar-refractivity contribution in [3.05, 3.63) is 64.7 Å². The van der Waals surface area contributed by atoms with Crippen LogP contribution in [0.15, 0.2) is 48.5 Å². The summed E-state index contributed by atoms with van der Waals surface area (Å²) in [6.45, 7) is 5.00.